The first-order chi connectivity index (χ1) is 22.9. The third-order valence-electron chi connectivity index (χ3n) is 9.33. The number of fused-ring (bicyclic) bond motifs is 2. The zero-order valence-corrected chi connectivity index (χ0v) is 28.4. The van der Waals surface area contributed by atoms with Gasteiger partial charge in [0.05, 0.1) is 0 Å². The van der Waals surface area contributed by atoms with E-state index in [0.717, 1.165) is 24.5 Å². The minimum atomic E-state index is -3.67. The molecule has 2 aliphatic heterocycles. The summed E-state index contributed by atoms with van der Waals surface area (Å²) in [5.41, 5.74) is -0.480. The van der Waals surface area contributed by atoms with Crippen LogP contribution in [0.4, 0.5) is 0 Å². The maximum atomic E-state index is 13.1. The molecular weight excluding hydrogens is 642 g/mol. The summed E-state index contributed by atoms with van der Waals surface area (Å²) in [6, 6.07) is 9.33. The molecule has 14 heteroatoms. The van der Waals surface area contributed by atoms with Crippen molar-refractivity contribution in [2.24, 2.45) is 23.5 Å². The Labute approximate surface area is 284 Å². The molecule has 2 aliphatic rings. The van der Waals surface area contributed by atoms with Crippen molar-refractivity contribution in [1.82, 2.24) is 0 Å². The number of allylic oxidation sites excluding steroid dienone is 1. The van der Waals surface area contributed by atoms with E-state index in [-0.39, 0.29) is 23.8 Å². The molecule has 0 unspecified atom stereocenters. The number of primary amides is 1. The summed E-state index contributed by atoms with van der Waals surface area (Å²) in [6.07, 6.45) is -4.38. The molecule has 2 fully saturated rings. The third-order valence-corrected chi connectivity index (χ3v) is 9.33. The Kier molecular flexibility index (Phi) is 12.5. The fourth-order valence-electron chi connectivity index (χ4n) is 6.62. The number of nitrogens with two attached hydrogens (primary N) is 1. The summed E-state index contributed by atoms with van der Waals surface area (Å²) in [4.78, 5) is 63.3. The van der Waals surface area contributed by atoms with E-state index in [0.29, 0.717) is 12.3 Å². The summed E-state index contributed by atoms with van der Waals surface area (Å²) in [5.74, 6) is -10.5. The monoisotopic (exact) mass is 689 g/mol. The van der Waals surface area contributed by atoms with Crippen LogP contribution in [0.5, 0.6) is 0 Å². The Hall–Kier alpha value is -4.11. The van der Waals surface area contributed by atoms with Crippen LogP contribution in [0.15, 0.2) is 54.6 Å². The van der Waals surface area contributed by atoms with Crippen LogP contribution in [-0.2, 0) is 49.3 Å². The van der Waals surface area contributed by atoms with Crippen LogP contribution in [0.3, 0.4) is 0 Å². The van der Waals surface area contributed by atoms with Crippen LogP contribution in [0.1, 0.15) is 65.9 Å². The number of hydrogen-bond acceptors (Lipinski definition) is 11. The molecule has 0 spiro atoms. The SMILES string of the molecule is C=C(CC[C@@]12O[C@H](C(=O)O)[C@@](O)(C(N)=O)[C@@](C(=O)O)(O1)[C@H](OC(=O)/C=C/[C@@H](C)C[C@@H](C)CC)[C@H]2O)[C@@H](OC(C)=O)[C@H](C)Cc1ccccc1. The van der Waals surface area contributed by atoms with Crippen molar-refractivity contribution in [3.8, 4) is 0 Å². The highest BCUT2D eigenvalue weighted by Gasteiger charge is 2.85. The first-order valence-electron chi connectivity index (χ1n) is 16.2. The maximum absolute atomic E-state index is 13.1. The summed E-state index contributed by atoms with van der Waals surface area (Å²) < 4.78 is 22.3. The molecule has 0 aliphatic carbocycles. The molecule has 2 bridgehead atoms. The van der Waals surface area contributed by atoms with Gasteiger partial charge in [-0.25, -0.2) is 14.4 Å². The van der Waals surface area contributed by atoms with E-state index in [4.69, 9.17) is 24.7 Å². The van der Waals surface area contributed by atoms with Crippen LogP contribution in [0.2, 0.25) is 0 Å². The van der Waals surface area contributed by atoms with Crippen molar-refractivity contribution in [2.75, 3.05) is 0 Å². The predicted octanol–water partition coefficient (Wildman–Crippen LogP) is 2.28. The average Bonchev–Trinajstić information content (AvgIpc) is 3.25. The third kappa shape index (κ3) is 7.88. The van der Waals surface area contributed by atoms with Gasteiger partial charge in [-0.05, 0) is 42.2 Å². The molecule has 10 atom stereocenters. The van der Waals surface area contributed by atoms with Gasteiger partial charge < -0.3 is 45.1 Å². The number of benzene rings is 1. The molecule has 1 amide bonds. The number of aliphatic hydroxyl groups is 2. The van der Waals surface area contributed by atoms with Gasteiger partial charge in [-0.2, -0.15) is 0 Å². The van der Waals surface area contributed by atoms with E-state index in [2.05, 4.69) is 6.58 Å². The molecule has 0 aromatic heterocycles. The topological polar surface area (TPSA) is 229 Å². The summed E-state index contributed by atoms with van der Waals surface area (Å²) >= 11 is 0. The molecule has 14 nitrogen and oxygen atoms in total. The van der Waals surface area contributed by atoms with E-state index >= 15 is 0 Å². The van der Waals surface area contributed by atoms with Gasteiger partial charge in [-0.1, -0.05) is 77.1 Å². The number of amides is 1. The first kappa shape index (κ1) is 39.3. The molecule has 1 aromatic rings. The van der Waals surface area contributed by atoms with E-state index in [1.807, 2.05) is 58.0 Å². The zero-order chi connectivity index (χ0) is 36.9. The highest BCUT2D eigenvalue weighted by Crippen LogP contribution is 2.55. The van der Waals surface area contributed by atoms with Crippen molar-refractivity contribution in [3.05, 3.63) is 60.2 Å². The molecule has 2 heterocycles. The normalized spacial score (nSPS) is 30.1. The second kappa shape index (κ2) is 15.6. The van der Waals surface area contributed by atoms with Crippen LogP contribution in [0, 0.1) is 17.8 Å². The lowest BCUT2D eigenvalue weighted by atomic mass is 9.74. The smallest absolute Gasteiger partial charge is 0.343 e. The Morgan fingerprint density at radius 1 is 1.10 bits per heavy atom. The Morgan fingerprint density at radius 3 is 2.27 bits per heavy atom. The fourth-order valence-corrected chi connectivity index (χ4v) is 6.62. The van der Waals surface area contributed by atoms with Gasteiger partial charge in [0.15, 0.2) is 12.2 Å². The molecule has 0 saturated carbocycles. The standard InChI is InChI=1S/C35H47NO13/c1-7-19(2)17-20(3)13-14-25(38)47-28-27(39)33(48-29(30(40)41)34(45,31(36)42)35(28,49-33)32(43)44)16-15-21(4)26(46-23(6)37)22(5)18-24-11-9-8-10-12-24/h8-14,19-20,22,26-29,39,45H,4,7,15-18H2,1-3,5-6H3,(H2,36,42)(H,40,41)(H,43,44)/b14-13+/t19-,20+,22+,26+,27+,28+,29+,33+,34+,35+/m0/s1. The van der Waals surface area contributed by atoms with E-state index in [1.54, 1.807) is 0 Å². The quantitative estimate of drug-likeness (QED) is 0.0899. The number of rotatable bonds is 17. The van der Waals surface area contributed by atoms with Crippen molar-refractivity contribution in [3.63, 3.8) is 0 Å². The van der Waals surface area contributed by atoms with E-state index in [1.165, 1.54) is 13.0 Å². The summed E-state index contributed by atoms with van der Waals surface area (Å²) in [7, 11) is 0. The van der Waals surface area contributed by atoms with Crippen molar-refractivity contribution in [2.45, 2.75) is 108 Å². The molecule has 270 valence electrons. The van der Waals surface area contributed by atoms with Gasteiger partial charge in [-0.15, -0.1) is 0 Å². The number of carboxylic acids is 2. The van der Waals surface area contributed by atoms with Crippen LogP contribution < -0.4 is 5.73 Å². The van der Waals surface area contributed by atoms with Gasteiger partial charge in [0.2, 0.25) is 17.0 Å². The first-order valence-corrected chi connectivity index (χ1v) is 16.2. The zero-order valence-electron chi connectivity index (χ0n) is 28.4. The highest BCUT2D eigenvalue weighted by molar-refractivity contribution is 6.00. The predicted molar refractivity (Wildman–Crippen MR) is 172 cm³/mol. The minimum absolute atomic E-state index is 0.103. The Balaban J connectivity index is 2.02. The fraction of sp³-hybridized carbons (Fsp3) is 0.571. The van der Waals surface area contributed by atoms with Gasteiger partial charge in [-0.3, -0.25) is 9.59 Å². The second-order valence-electron chi connectivity index (χ2n) is 13.2. The minimum Gasteiger partial charge on any atom is -0.479 e. The van der Waals surface area contributed by atoms with Gasteiger partial charge in [0.1, 0.15) is 12.2 Å². The average molecular weight is 690 g/mol. The molecule has 3 rings (SSSR count). The van der Waals surface area contributed by atoms with Crippen molar-refractivity contribution >= 4 is 29.8 Å². The number of aliphatic hydroxyl groups excluding tert-OH is 1. The number of carbonyl (C=O) groups excluding carboxylic acids is 3. The van der Waals surface area contributed by atoms with Crippen molar-refractivity contribution < 1.29 is 63.3 Å². The Bertz CT molecular complexity index is 1450. The summed E-state index contributed by atoms with van der Waals surface area (Å²) in [6.45, 7) is 13.0. The number of carbonyl (C=O) groups is 5. The van der Waals surface area contributed by atoms with E-state index < -0.39 is 77.6 Å². The van der Waals surface area contributed by atoms with Crippen LogP contribution >= 0.6 is 0 Å². The molecule has 2 saturated heterocycles. The van der Waals surface area contributed by atoms with Crippen molar-refractivity contribution in [1.29, 1.82) is 0 Å². The summed E-state index contributed by atoms with van der Waals surface area (Å²) in [5, 5.41) is 43.7. The van der Waals surface area contributed by atoms with Crippen LogP contribution in [0.25, 0.3) is 0 Å². The molecule has 1 aromatic carbocycles. The van der Waals surface area contributed by atoms with Crippen LogP contribution in [-0.4, -0.2) is 91.6 Å². The number of ether oxygens (including phenoxy) is 4. The van der Waals surface area contributed by atoms with Gasteiger partial charge in [0, 0.05) is 25.3 Å². The molecular formula is C35H47NO13. The number of esters is 2. The number of aliphatic carboxylic acids is 2. The molecule has 49 heavy (non-hydrogen) atoms. The Morgan fingerprint density at radius 2 is 1.73 bits per heavy atom. The molecule has 0 radical (unpaired) electrons. The lowest BCUT2D eigenvalue weighted by Crippen LogP contribution is -2.79. The number of carboxylic acid groups (broad SMARTS) is 2. The maximum Gasteiger partial charge on any atom is 0.343 e. The van der Waals surface area contributed by atoms with Gasteiger partial charge in [0.25, 0.3) is 5.91 Å². The van der Waals surface area contributed by atoms with E-state index in [9.17, 15) is 44.4 Å². The largest absolute Gasteiger partial charge is 0.479 e. The molecule has 6 N–H and O–H groups in total. The highest BCUT2D eigenvalue weighted by atomic mass is 16.8. The lowest BCUT2D eigenvalue weighted by Gasteiger charge is -2.49. The lowest BCUT2D eigenvalue weighted by molar-refractivity contribution is -0.371. The van der Waals surface area contributed by atoms with Gasteiger partial charge >= 0.3 is 23.9 Å². The number of hydrogen-bond donors (Lipinski definition) is 5. The second-order valence-corrected chi connectivity index (χ2v) is 13.2.